The van der Waals surface area contributed by atoms with Crippen molar-refractivity contribution in [2.24, 2.45) is 11.3 Å². The normalized spacial score (nSPS) is 13.4. The molecule has 12 heteroatoms. The maximum atomic E-state index is 13.6. The lowest BCUT2D eigenvalue weighted by atomic mass is 9.84. The van der Waals surface area contributed by atoms with Crippen LogP contribution in [0.4, 0.5) is 5.69 Å². The highest BCUT2D eigenvalue weighted by molar-refractivity contribution is 7.09. The summed E-state index contributed by atoms with van der Waals surface area (Å²) < 4.78 is 5.81. The molecule has 1 heterocycles. The minimum atomic E-state index is -1.10. The van der Waals surface area contributed by atoms with Crippen molar-refractivity contribution in [3.63, 3.8) is 0 Å². The first-order chi connectivity index (χ1) is 23.7. The Labute approximate surface area is 302 Å². The molecule has 0 saturated heterocycles. The summed E-state index contributed by atoms with van der Waals surface area (Å²) in [6, 6.07) is 6.86. The third-order valence-corrected chi connectivity index (χ3v) is 9.77. The van der Waals surface area contributed by atoms with Gasteiger partial charge in [0.05, 0.1) is 12.0 Å². The number of ether oxygens (including phenoxy) is 1. The molecule has 2 aromatic rings. The van der Waals surface area contributed by atoms with Crippen molar-refractivity contribution in [2.75, 3.05) is 25.0 Å². The second-order valence-corrected chi connectivity index (χ2v) is 15.0. The largest absolute Gasteiger partial charge is 0.481 e. The van der Waals surface area contributed by atoms with E-state index >= 15 is 0 Å². The molecule has 50 heavy (non-hydrogen) atoms. The number of amides is 2. The molecular weight excluding hydrogens is 657 g/mol. The number of carbonyl (C=O) groups excluding carboxylic acids is 3. The van der Waals surface area contributed by atoms with E-state index in [0.717, 1.165) is 49.8 Å². The van der Waals surface area contributed by atoms with Gasteiger partial charge < -0.3 is 30.5 Å². The average molecular weight is 717 g/mol. The average Bonchev–Trinajstić information content (AvgIpc) is 3.56. The zero-order valence-corrected chi connectivity index (χ0v) is 31.9. The van der Waals surface area contributed by atoms with Gasteiger partial charge in [-0.05, 0) is 63.1 Å². The summed E-state index contributed by atoms with van der Waals surface area (Å²) in [6.45, 7) is 14.0. The number of rotatable bonds is 24. The Morgan fingerprint density at radius 1 is 1.02 bits per heavy atom. The Morgan fingerprint density at radius 2 is 1.70 bits per heavy atom. The van der Waals surface area contributed by atoms with Crippen molar-refractivity contribution in [3.8, 4) is 0 Å². The van der Waals surface area contributed by atoms with Crippen LogP contribution in [-0.4, -0.2) is 75.6 Å². The molecule has 0 bridgehead atoms. The standard InChI is InChI=1S/C38H60N4O7S/c1-8-10-12-13-20-42(34(45)14-11-9-2)32(26(3)4)23-33(49-27(5)44)36-41-31(25-50-36)35(46)40-30(24-38(6,7)37(47)48)22-28-15-17-29(18-16-28)39-19-21-43/h15-18,25-26,30,32-33,39,43H,8-14,19-24H2,1-7H3,(H,40,46)(H,47,48). The van der Waals surface area contributed by atoms with Gasteiger partial charge in [0, 0.05) is 56.0 Å². The number of carboxylic acids is 1. The summed E-state index contributed by atoms with van der Waals surface area (Å²) >= 11 is 1.23. The van der Waals surface area contributed by atoms with Gasteiger partial charge in [0.1, 0.15) is 10.7 Å². The topological polar surface area (TPSA) is 158 Å². The molecule has 0 spiro atoms. The number of aliphatic hydroxyl groups is 1. The van der Waals surface area contributed by atoms with Crippen LogP contribution in [0.3, 0.4) is 0 Å². The van der Waals surface area contributed by atoms with E-state index in [1.807, 2.05) is 29.2 Å². The SMILES string of the molecule is CCCCCCN(C(=O)CCCC)C(CC(OC(C)=O)c1nc(C(=O)NC(Cc2ccc(NCCO)cc2)CC(C)(C)C(=O)O)cs1)C(C)C. The van der Waals surface area contributed by atoms with Gasteiger partial charge in [0.25, 0.3) is 5.91 Å². The first kappa shape index (κ1) is 42.7. The predicted octanol–water partition coefficient (Wildman–Crippen LogP) is 7.01. The molecule has 0 aliphatic carbocycles. The van der Waals surface area contributed by atoms with Crippen molar-refractivity contribution < 1.29 is 34.1 Å². The summed E-state index contributed by atoms with van der Waals surface area (Å²) in [5, 5.41) is 27.1. The molecule has 0 fully saturated rings. The molecule has 280 valence electrons. The van der Waals surface area contributed by atoms with Crippen molar-refractivity contribution in [1.29, 1.82) is 0 Å². The molecule has 0 radical (unpaired) electrons. The fourth-order valence-electron chi connectivity index (χ4n) is 5.95. The number of esters is 1. The highest BCUT2D eigenvalue weighted by Crippen LogP contribution is 2.32. The number of carboxylic acid groups (broad SMARTS) is 1. The van der Waals surface area contributed by atoms with Gasteiger partial charge in [-0.15, -0.1) is 11.3 Å². The van der Waals surface area contributed by atoms with Gasteiger partial charge in [-0.25, -0.2) is 4.98 Å². The lowest BCUT2D eigenvalue weighted by Crippen LogP contribution is -2.45. The molecule has 11 nitrogen and oxygen atoms in total. The number of anilines is 1. The highest BCUT2D eigenvalue weighted by atomic mass is 32.1. The van der Waals surface area contributed by atoms with E-state index < -0.39 is 35.4 Å². The number of nitrogens with zero attached hydrogens (tertiary/aromatic N) is 2. The Bertz CT molecular complexity index is 1340. The van der Waals surface area contributed by atoms with Crippen LogP contribution in [-0.2, 0) is 25.5 Å². The van der Waals surface area contributed by atoms with Gasteiger partial charge in [0.2, 0.25) is 5.91 Å². The second-order valence-electron chi connectivity index (χ2n) is 14.1. The fraction of sp³-hybridized carbons (Fsp3) is 0.658. The molecule has 1 aromatic carbocycles. The number of aliphatic carboxylic acids is 1. The van der Waals surface area contributed by atoms with E-state index in [4.69, 9.17) is 9.84 Å². The number of hydrogen-bond acceptors (Lipinski definition) is 9. The molecule has 2 amide bonds. The van der Waals surface area contributed by atoms with Crippen molar-refractivity contribution in [3.05, 3.63) is 45.9 Å². The molecule has 3 atom stereocenters. The smallest absolute Gasteiger partial charge is 0.309 e. The number of thiazole rings is 1. The van der Waals surface area contributed by atoms with Crippen LogP contribution in [0.5, 0.6) is 0 Å². The molecular formula is C38H60N4O7S. The summed E-state index contributed by atoms with van der Waals surface area (Å²) in [5.41, 5.74) is 0.806. The summed E-state index contributed by atoms with van der Waals surface area (Å²) in [7, 11) is 0. The molecule has 0 saturated carbocycles. The van der Waals surface area contributed by atoms with Crippen LogP contribution in [0.15, 0.2) is 29.6 Å². The minimum Gasteiger partial charge on any atom is -0.481 e. The van der Waals surface area contributed by atoms with Crippen molar-refractivity contribution in [2.45, 2.75) is 131 Å². The fourth-order valence-corrected chi connectivity index (χ4v) is 6.79. The Balaban J connectivity index is 2.33. The lowest BCUT2D eigenvalue weighted by Gasteiger charge is -2.36. The second kappa shape index (κ2) is 21.6. The number of aliphatic hydroxyl groups excluding tert-OH is 1. The predicted molar refractivity (Wildman–Crippen MR) is 198 cm³/mol. The zero-order chi connectivity index (χ0) is 37.3. The van der Waals surface area contributed by atoms with E-state index in [1.165, 1.54) is 18.3 Å². The Hall–Kier alpha value is -3.51. The lowest BCUT2D eigenvalue weighted by molar-refractivity contribution is -0.149. The van der Waals surface area contributed by atoms with Crippen LogP contribution >= 0.6 is 11.3 Å². The number of nitrogens with one attached hydrogen (secondary N) is 2. The van der Waals surface area contributed by atoms with Crippen LogP contribution < -0.4 is 10.6 Å². The Kier molecular flexibility index (Phi) is 18.5. The monoisotopic (exact) mass is 716 g/mol. The quantitative estimate of drug-likeness (QED) is 0.0663. The minimum absolute atomic E-state index is 0.00861. The first-order valence-corrected chi connectivity index (χ1v) is 19.0. The molecule has 1 aromatic heterocycles. The van der Waals surface area contributed by atoms with Crippen LogP contribution in [0, 0.1) is 11.3 Å². The van der Waals surface area contributed by atoms with Gasteiger partial charge in [0.15, 0.2) is 6.10 Å². The van der Waals surface area contributed by atoms with Crippen molar-refractivity contribution in [1.82, 2.24) is 15.2 Å². The maximum absolute atomic E-state index is 13.6. The van der Waals surface area contributed by atoms with E-state index in [9.17, 15) is 24.3 Å². The number of carbonyl (C=O) groups is 4. The molecule has 2 rings (SSSR count). The van der Waals surface area contributed by atoms with Gasteiger partial charge in [-0.3, -0.25) is 19.2 Å². The molecule has 0 aliphatic rings. The van der Waals surface area contributed by atoms with E-state index in [2.05, 4.69) is 43.3 Å². The first-order valence-electron chi connectivity index (χ1n) is 18.1. The Morgan fingerprint density at radius 3 is 2.28 bits per heavy atom. The third kappa shape index (κ3) is 14.4. The van der Waals surface area contributed by atoms with Gasteiger partial charge >= 0.3 is 11.9 Å². The molecule has 4 N–H and O–H groups in total. The summed E-state index contributed by atoms with van der Waals surface area (Å²) in [4.78, 5) is 58.0. The molecule has 0 aliphatic heterocycles. The third-order valence-electron chi connectivity index (χ3n) is 8.83. The van der Waals surface area contributed by atoms with Crippen LogP contribution in [0.2, 0.25) is 0 Å². The molecule has 3 unspecified atom stereocenters. The van der Waals surface area contributed by atoms with E-state index in [0.29, 0.717) is 37.4 Å². The van der Waals surface area contributed by atoms with Crippen LogP contribution in [0.25, 0.3) is 0 Å². The summed E-state index contributed by atoms with van der Waals surface area (Å²) in [6.07, 6.45) is 6.53. The van der Waals surface area contributed by atoms with Crippen LogP contribution in [0.1, 0.15) is 133 Å². The number of benzene rings is 1. The van der Waals surface area contributed by atoms with Gasteiger partial charge in [-0.2, -0.15) is 0 Å². The zero-order valence-electron chi connectivity index (χ0n) is 31.1. The maximum Gasteiger partial charge on any atom is 0.309 e. The van der Waals surface area contributed by atoms with E-state index in [1.54, 1.807) is 19.2 Å². The van der Waals surface area contributed by atoms with Crippen molar-refractivity contribution >= 4 is 40.8 Å². The number of aromatic nitrogens is 1. The highest BCUT2D eigenvalue weighted by Gasteiger charge is 2.34. The van der Waals surface area contributed by atoms with E-state index in [-0.39, 0.29) is 36.6 Å². The summed E-state index contributed by atoms with van der Waals surface area (Å²) in [5.74, 6) is -1.69. The number of hydrogen-bond donors (Lipinski definition) is 4. The van der Waals surface area contributed by atoms with Gasteiger partial charge in [-0.1, -0.05) is 65.5 Å². The number of unbranched alkanes of at least 4 members (excludes halogenated alkanes) is 4.